The van der Waals surface area contributed by atoms with Gasteiger partial charge in [-0.3, -0.25) is 4.68 Å². The van der Waals surface area contributed by atoms with Crippen LogP contribution < -0.4 is 10.6 Å². The molecule has 0 aliphatic heterocycles. The topological polar surface area (TPSA) is 74.5 Å². The van der Waals surface area contributed by atoms with Crippen molar-refractivity contribution in [2.45, 2.75) is 32.5 Å². The number of nitrogens with zero attached hydrogens (tertiary/aromatic N) is 3. The predicted octanol–water partition coefficient (Wildman–Crippen LogP) is 3.11. The first kappa shape index (κ1) is 20.6. The van der Waals surface area contributed by atoms with Crippen LogP contribution in [-0.2, 0) is 13.1 Å². The molecule has 0 amide bonds. The number of nitrogens with one attached hydrogen (secondary N) is 2. The van der Waals surface area contributed by atoms with E-state index in [1.165, 1.54) is 5.56 Å². The van der Waals surface area contributed by atoms with Gasteiger partial charge in [-0.05, 0) is 24.5 Å². The zero-order valence-corrected chi connectivity index (χ0v) is 16.8. The summed E-state index contributed by atoms with van der Waals surface area (Å²) in [5, 5.41) is 21.2. The summed E-state index contributed by atoms with van der Waals surface area (Å²) in [6.45, 7) is 4.75. The number of aliphatic hydroxyl groups excluding tert-OH is 1. The molecule has 2 aromatic carbocycles. The Labute approximate surface area is 172 Å². The number of aromatic nitrogens is 2. The Morgan fingerprint density at radius 1 is 1.03 bits per heavy atom. The van der Waals surface area contributed by atoms with Gasteiger partial charge in [0.25, 0.3) is 0 Å². The van der Waals surface area contributed by atoms with Gasteiger partial charge >= 0.3 is 0 Å². The van der Waals surface area contributed by atoms with Gasteiger partial charge in [0.15, 0.2) is 5.96 Å². The van der Waals surface area contributed by atoms with Gasteiger partial charge in [-0.25, -0.2) is 4.99 Å². The highest BCUT2D eigenvalue weighted by atomic mass is 16.3. The van der Waals surface area contributed by atoms with Gasteiger partial charge in [-0.1, -0.05) is 60.7 Å². The summed E-state index contributed by atoms with van der Waals surface area (Å²) in [5.41, 5.74) is 3.21. The second kappa shape index (κ2) is 11.0. The molecule has 1 aromatic heterocycles. The molecule has 3 aromatic rings. The van der Waals surface area contributed by atoms with Crippen LogP contribution in [0, 0.1) is 0 Å². The van der Waals surface area contributed by atoms with Crippen molar-refractivity contribution < 1.29 is 5.11 Å². The minimum atomic E-state index is -0.484. The summed E-state index contributed by atoms with van der Waals surface area (Å²) in [7, 11) is 0. The minimum Gasteiger partial charge on any atom is -0.388 e. The largest absolute Gasteiger partial charge is 0.388 e. The van der Waals surface area contributed by atoms with E-state index in [4.69, 9.17) is 0 Å². The van der Waals surface area contributed by atoms with E-state index in [1.54, 1.807) is 0 Å². The molecule has 0 fully saturated rings. The Bertz CT molecular complexity index is 877. The molecule has 152 valence electrons. The first-order valence-corrected chi connectivity index (χ1v) is 10.0. The molecule has 29 heavy (non-hydrogen) atoms. The van der Waals surface area contributed by atoms with Crippen LogP contribution in [0.3, 0.4) is 0 Å². The number of benzene rings is 2. The second-order valence-corrected chi connectivity index (χ2v) is 6.87. The van der Waals surface area contributed by atoms with Crippen LogP contribution in [-0.4, -0.2) is 33.9 Å². The SMILES string of the molecule is CCNC(=NCc1cnn(Cc2ccccc2)c1)NCCC(O)c1ccccc1. The molecule has 0 bridgehead atoms. The fraction of sp³-hybridized carbons (Fsp3) is 0.304. The maximum Gasteiger partial charge on any atom is 0.191 e. The van der Waals surface area contributed by atoms with Crippen molar-refractivity contribution in [2.24, 2.45) is 4.99 Å². The van der Waals surface area contributed by atoms with Gasteiger partial charge in [0.2, 0.25) is 0 Å². The monoisotopic (exact) mass is 391 g/mol. The summed E-state index contributed by atoms with van der Waals surface area (Å²) >= 11 is 0. The standard InChI is InChI=1S/C23H29N5O/c1-2-24-23(25-14-13-22(29)21-11-7-4-8-12-21)26-15-20-16-27-28(18-20)17-19-9-5-3-6-10-19/h3-12,16,18,22,29H,2,13-15,17H2,1H3,(H2,24,25,26). The van der Waals surface area contributed by atoms with E-state index in [0.717, 1.165) is 30.2 Å². The van der Waals surface area contributed by atoms with E-state index in [-0.39, 0.29) is 0 Å². The van der Waals surface area contributed by atoms with Crippen LogP contribution >= 0.6 is 0 Å². The van der Waals surface area contributed by atoms with Crippen LogP contribution in [0.5, 0.6) is 0 Å². The molecule has 1 unspecified atom stereocenters. The van der Waals surface area contributed by atoms with Gasteiger partial charge in [0.05, 0.1) is 25.4 Å². The lowest BCUT2D eigenvalue weighted by Gasteiger charge is -2.14. The van der Waals surface area contributed by atoms with Gasteiger partial charge in [0.1, 0.15) is 0 Å². The lowest BCUT2D eigenvalue weighted by Crippen LogP contribution is -2.38. The molecule has 0 saturated heterocycles. The van der Waals surface area contributed by atoms with E-state index in [9.17, 15) is 5.11 Å². The molecule has 6 heteroatoms. The fourth-order valence-corrected chi connectivity index (χ4v) is 3.03. The molecule has 0 aliphatic rings. The Morgan fingerprint density at radius 3 is 2.48 bits per heavy atom. The van der Waals surface area contributed by atoms with Crippen LogP contribution in [0.25, 0.3) is 0 Å². The third-order valence-corrected chi connectivity index (χ3v) is 4.53. The number of aliphatic hydroxyl groups is 1. The number of hydrogen-bond donors (Lipinski definition) is 3. The summed E-state index contributed by atoms with van der Waals surface area (Å²) in [6.07, 6.45) is 4.01. The van der Waals surface area contributed by atoms with Crippen LogP contribution in [0.1, 0.15) is 36.1 Å². The summed E-state index contributed by atoms with van der Waals surface area (Å²) in [5.74, 6) is 0.739. The second-order valence-electron chi connectivity index (χ2n) is 6.87. The molecule has 0 spiro atoms. The van der Waals surface area contributed by atoms with Crippen molar-refractivity contribution in [3.63, 3.8) is 0 Å². The van der Waals surface area contributed by atoms with Crippen LogP contribution in [0.15, 0.2) is 78.0 Å². The van der Waals surface area contributed by atoms with Crippen LogP contribution in [0.4, 0.5) is 0 Å². The Morgan fingerprint density at radius 2 is 1.76 bits per heavy atom. The van der Waals surface area contributed by atoms with E-state index in [1.807, 2.05) is 72.5 Å². The molecule has 1 heterocycles. The predicted molar refractivity (Wildman–Crippen MR) is 117 cm³/mol. The Kier molecular flexibility index (Phi) is 7.83. The normalized spacial score (nSPS) is 12.6. The average molecular weight is 392 g/mol. The van der Waals surface area contributed by atoms with Crippen molar-refractivity contribution in [1.82, 2.24) is 20.4 Å². The minimum absolute atomic E-state index is 0.484. The molecule has 3 rings (SSSR count). The first-order chi connectivity index (χ1) is 14.2. The van der Waals surface area contributed by atoms with Crippen molar-refractivity contribution >= 4 is 5.96 Å². The number of hydrogen-bond acceptors (Lipinski definition) is 3. The molecule has 0 radical (unpaired) electrons. The van der Waals surface area contributed by atoms with E-state index >= 15 is 0 Å². The maximum atomic E-state index is 10.3. The molecule has 1 atom stereocenters. The third-order valence-electron chi connectivity index (χ3n) is 4.53. The molecule has 3 N–H and O–H groups in total. The smallest absolute Gasteiger partial charge is 0.191 e. The lowest BCUT2D eigenvalue weighted by atomic mass is 10.1. The Hall–Kier alpha value is -3.12. The van der Waals surface area contributed by atoms with Crippen molar-refractivity contribution in [3.05, 3.63) is 89.7 Å². The fourth-order valence-electron chi connectivity index (χ4n) is 3.03. The highest BCUT2D eigenvalue weighted by Gasteiger charge is 2.07. The molecular weight excluding hydrogens is 362 g/mol. The highest BCUT2D eigenvalue weighted by Crippen LogP contribution is 2.14. The van der Waals surface area contributed by atoms with E-state index in [2.05, 4.69) is 32.9 Å². The Balaban J connectivity index is 1.50. The van der Waals surface area contributed by atoms with Gasteiger partial charge in [0, 0.05) is 24.8 Å². The summed E-state index contributed by atoms with van der Waals surface area (Å²) in [4.78, 5) is 4.63. The first-order valence-electron chi connectivity index (χ1n) is 10.0. The van der Waals surface area contributed by atoms with Crippen molar-refractivity contribution in [1.29, 1.82) is 0 Å². The molecule has 0 saturated carbocycles. The zero-order chi connectivity index (χ0) is 20.3. The van der Waals surface area contributed by atoms with Crippen molar-refractivity contribution in [2.75, 3.05) is 13.1 Å². The van der Waals surface area contributed by atoms with Gasteiger partial charge in [-0.15, -0.1) is 0 Å². The molecule has 0 aliphatic carbocycles. The zero-order valence-electron chi connectivity index (χ0n) is 16.8. The quantitative estimate of drug-likeness (QED) is 0.387. The number of guanidine groups is 1. The van der Waals surface area contributed by atoms with Gasteiger partial charge < -0.3 is 15.7 Å². The highest BCUT2D eigenvalue weighted by molar-refractivity contribution is 5.79. The van der Waals surface area contributed by atoms with Crippen LogP contribution in [0.2, 0.25) is 0 Å². The summed E-state index contributed by atoms with van der Waals surface area (Å²) < 4.78 is 1.93. The summed E-state index contributed by atoms with van der Waals surface area (Å²) in [6, 6.07) is 20.0. The number of aliphatic imine (C=N–C) groups is 1. The van der Waals surface area contributed by atoms with Gasteiger partial charge in [-0.2, -0.15) is 5.10 Å². The third kappa shape index (κ3) is 6.76. The lowest BCUT2D eigenvalue weighted by molar-refractivity contribution is 0.168. The number of rotatable bonds is 9. The molecular formula is C23H29N5O. The molecule has 6 nitrogen and oxygen atoms in total. The van der Waals surface area contributed by atoms with Crippen molar-refractivity contribution in [3.8, 4) is 0 Å². The van der Waals surface area contributed by atoms with E-state index < -0.39 is 6.10 Å². The maximum absolute atomic E-state index is 10.3. The average Bonchev–Trinajstić information content (AvgIpc) is 3.20. The van der Waals surface area contributed by atoms with E-state index in [0.29, 0.717) is 19.5 Å².